The number of carbonyl (C=O) groups is 2. The lowest BCUT2D eigenvalue weighted by Crippen LogP contribution is -2.58. The number of carboxylic acid groups (broad SMARTS) is 2. The Hall–Kier alpha value is -1.57. The van der Waals surface area contributed by atoms with Gasteiger partial charge in [-0.1, -0.05) is 17.7 Å². The number of carboxylic acids is 2. The fourth-order valence-corrected chi connectivity index (χ4v) is 5.02. The van der Waals surface area contributed by atoms with Crippen molar-refractivity contribution in [2.75, 3.05) is 5.75 Å². The molecule has 0 radical (unpaired) electrons. The third kappa shape index (κ3) is 2.43. The molecule has 2 saturated carbocycles. The van der Waals surface area contributed by atoms with Gasteiger partial charge in [-0.15, -0.1) is 11.8 Å². The van der Waals surface area contributed by atoms with E-state index in [1.807, 2.05) is 31.2 Å². The molecule has 0 amide bonds. The molecule has 0 heterocycles. The lowest BCUT2D eigenvalue weighted by atomic mass is 9.81. The van der Waals surface area contributed by atoms with E-state index < -0.39 is 47.3 Å². The molecule has 0 saturated heterocycles. The van der Waals surface area contributed by atoms with Crippen LogP contribution in [0, 0.1) is 30.6 Å². The van der Waals surface area contributed by atoms with Crippen molar-refractivity contribution >= 4 is 23.7 Å². The zero-order chi connectivity index (χ0) is 16.9. The number of thioether (sulfide) groups is 1. The van der Waals surface area contributed by atoms with Crippen molar-refractivity contribution in [3.63, 3.8) is 0 Å². The Balaban J connectivity index is 1.78. The first-order valence-electron chi connectivity index (χ1n) is 7.41. The number of aliphatic hydroxyl groups excluding tert-OH is 1. The zero-order valence-corrected chi connectivity index (χ0v) is 13.4. The molecule has 2 fully saturated rings. The Kier molecular flexibility index (Phi) is 3.90. The highest BCUT2D eigenvalue weighted by Crippen LogP contribution is 2.64. The van der Waals surface area contributed by atoms with Crippen molar-refractivity contribution in [2.24, 2.45) is 29.4 Å². The summed E-state index contributed by atoms with van der Waals surface area (Å²) in [6.45, 7) is 1.98. The van der Waals surface area contributed by atoms with Gasteiger partial charge in [0, 0.05) is 28.4 Å². The molecule has 1 aromatic carbocycles. The number of aryl methyl sites for hydroxylation is 1. The summed E-state index contributed by atoms with van der Waals surface area (Å²) in [6, 6.07) is 7.78. The Labute approximate surface area is 137 Å². The van der Waals surface area contributed by atoms with E-state index in [0.717, 1.165) is 10.5 Å². The van der Waals surface area contributed by atoms with Crippen molar-refractivity contribution in [3.05, 3.63) is 29.8 Å². The maximum atomic E-state index is 11.7. The van der Waals surface area contributed by atoms with Crippen LogP contribution in [0.4, 0.5) is 0 Å². The number of rotatable bonds is 5. The van der Waals surface area contributed by atoms with Gasteiger partial charge in [0.25, 0.3) is 0 Å². The molecule has 6 atom stereocenters. The molecule has 0 unspecified atom stereocenters. The standard InChI is InChI=1S/C16H19NO5S/c1-7-2-4-8(5-3-7)23-6-9-13(18)10-11(14(19)20)12(10)16(9,17)15(21)22/h2-5,9-13,18H,6,17H2,1H3,(H,19,20)(H,21,22)/t9-,10+,11+,12+,13-,16+/m1/s1. The number of aliphatic hydroxyl groups is 1. The second-order valence-corrected chi connectivity index (χ2v) is 7.52. The molecule has 5 N–H and O–H groups in total. The van der Waals surface area contributed by atoms with Crippen molar-refractivity contribution in [1.29, 1.82) is 0 Å². The average molecular weight is 337 g/mol. The van der Waals surface area contributed by atoms with Crippen LogP contribution in [-0.2, 0) is 9.59 Å². The molecular weight excluding hydrogens is 318 g/mol. The SMILES string of the molecule is Cc1ccc(SC[C@@H]2[C@@H](O)[C@H]3[C@H](C(=O)O)[C@H]3[C@]2(N)C(=O)O)cc1. The molecule has 0 bridgehead atoms. The molecule has 23 heavy (non-hydrogen) atoms. The van der Waals surface area contributed by atoms with E-state index in [0.29, 0.717) is 5.75 Å². The first-order chi connectivity index (χ1) is 10.8. The highest BCUT2D eigenvalue weighted by molar-refractivity contribution is 7.99. The summed E-state index contributed by atoms with van der Waals surface area (Å²) in [5.74, 6) is -4.76. The number of nitrogens with two attached hydrogens (primary N) is 1. The van der Waals surface area contributed by atoms with E-state index in [-0.39, 0.29) is 0 Å². The van der Waals surface area contributed by atoms with Gasteiger partial charge in [0.05, 0.1) is 12.0 Å². The van der Waals surface area contributed by atoms with Crippen LogP contribution < -0.4 is 5.73 Å². The van der Waals surface area contributed by atoms with Gasteiger partial charge in [-0.25, -0.2) is 0 Å². The maximum Gasteiger partial charge on any atom is 0.324 e. The zero-order valence-electron chi connectivity index (χ0n) is 12.5. The summed E-state index contributed by atoms with van der Waals surface area (Å²) in [6.07, 6.45) is -1.000. The van der Waals surface area contributed by atoms with Gasteiger partial charge in [0.2, 0.25) is 0 Å². The monoisotopic (exact) mass is 337 g/mol. The van der Waals surface area contributed by atoms with Gasteiger partial charge in [0.15, 0.2) is 0 Å². The minimum atomic E-state index is -1.69. The van der Waals surface area contributed by atoms with Crippen LogP contribution >= 0.6 is 11.8 Å². The fraction of sp³-hybridized carbons (Fsp3) is 0.500. The summed E-state index contributed by atoms with van der Waals surface area (Å²) >= 11 is 1.43. The van der Waals surface area contributed by atoms with E-state index in [4.69, 9.17) is 10.8 Å². The van der Waals surface area contributed by atoms with Gasteiger partial charge in [-0.3, -0.25) is 9.59 Å². The number of fused-ring (bicyclic) bond motifs is 1. The highest BCUT2D eigenvalue weighted by atomic mass is 32.2. The predicted octanol–water partition coefficient (Wildman–Crippen LogP) is 0.807. The number of aliphatic carboxylic acids is 2. The lowest BCUT2D eigenvalue weighted by molar-refractivity contribution is -0.148. The second-order valence-electron chi connectivity index (χ2n) is 6.43. The molecular formula is C16H19NO5S. The molecule has 0 aromatic heterocycles. The largest absolute Gasteiger partial charge is 0.481 e. The first-order valence-corrected chi connectivity index (χ1v) is 8.39. The quantitative estimate of drug-likeness (QED) is 0.587. The van der Waals surface area contributed by atoms with Gasteiger partial charge in [-0.2, -0.15) is 0 Å². The molecule has 124 valence electrons. The predicted molar refractivity (Wildman–Crippen MR) is 84.1 cm³/mol. The van der Waals surface area contributed by atoms with Gasteiger partial charge >= 0.3 is 11.9 Å². The highest BCUT2D eigenvalue weighted by Gasteiger charge is 2.77. The second kappa shape index (κ2) is 5.51. The van der Waals surface area contributed by atoms with Crippen LogP contribution in [0.1, 0.15) is 5.56 Å². The molecule has 0 aliphatic heterocycles. The lowest BCUT2D eigenvalue weighted by Gasteiger charge is -2.32. The van der Waals surface area contributed by atoms with Crippen molar-refractivity contribution in [1.82, 2.24) is 0 Å². The fourth-order valence-electron chi connectivity index (χ4n) is 3.85. The molecule has 1 aromatic rings. The van der Waals surface area contributed by atoms with Crippen LogP contribution in [0.25, 0.3) is 0 Å². The molecule has 2 aliphatic rings. The minimum Gasteiger partial charge on any atom is -0.481 e. The molecule has 0 spiro atoms. The summed E-state index contributed by atoms with van der Waals surface area (Å²) in [4.78, 5) is 23.9. The van der Waals surface area contributed by atoms with Gasteiger partial charge in [0.1, 0.15) is 5.54 Å². The number of hydrogen-bond donors (Lipinski definition) is 4. The van der Waals surface area contributed by atoms with E-state index in [1.54, 1.807) is 0 Å². The van der Waals surface area contributed by atoms with Crippen LogP contribution in [0.5, 0.6) is 0 Å². The normalized spacial score (nSPS) is 38.1. The smallest absolute Gasteiger partial charge is 0.324 e. The Morgan fingerprint density at radius 3 is 2.39 bits per heavy atom. The average Bonchev–Trinajstić information content (AvgIpc) is 3.20. The van der Waals surface area contributed by atoms with Gasteiger partial charge in [-0.05, 0) is 19.1 Å². The summed E-state index contributed by atoms with van der Waals surface area (Å²) in [7, 11) is 0. The molecule has 2 aliphatic carbocycles. The maximum absolute atomic E-state index is 11.7. The van der Waals surface area contributed by atoms with Crippen molar-refractivity contribution in [3.8, 4) is 0 Å². The summed E-state index contributed by atoms with van der Waals surface area (Å²) in [5.41, 5.74) is 5.54. The van der Waals surface area contributed by atoms with Crippen LogP contribution in [0.2, 0.25) is 0 Å². The summed E-state index contributed by atoms with van der Waals surface area (Å²) in [5, 5.41) is 29.1. The van der Waals surface area contributed by atoms with Crippen molar-refractivity contribution in [2.45, 2.75) is 23.5 Å². The van der Waals surface area contributed by atoms with Gasteiger partial charge < -0.3 is 21.1 Å². The molecule has 3 rings (SSSR count). The number of hydrogen-bond acceptors (Lipinski definition) is 5. The minimum absolute atomic E-state index is 0.340. The van der Waals surface area contributed by atoms with E-state index in [1.165, 1.54) is 11.8 Å². The third-order valence-electron chi connectivity index (χ3n) is 5.15. The third-order valence-corrected chi connectivity index (χ3v) is 6.28. The van der Waals surface area contributed by atoms with Crippen LogP contribution in [0.15, 0.2) is 29.2 Å². The van der Waals surface area contributed by atoms with E-state index in [9.17, 15) is 19.8 Å². The Morgan fingerprint density at radius 2 is 1.87 bits per heavy atom. The molecule has 6 nitrogen and oxygen atoms in total. The Bertz CT molecular complexity index is 648. The van der Waals surface area contributed by atoms with E-state index >= 15 is 0 Å². The Morgan fingerprint density at radius 1 is 1.26 bits per heavy atom. The topological polar surface area (TPSA) is 121 Å². The van der Waals surface area contributed by atoms with Crippen LogP contribution in [-0.4, -0.2) is 44.7 Å². The van der Waals surface area contributed by atoms with Crippen LogP contribution in [0.3, 0.4) is 0 Å². The van der Waals surface area contributed by atoms with Crippen molar-refractivity contribution < 1.29 is 24.9 Å². The molecule has 7 heteroatoms. The van der Waals surface area contributed by atoms with E-state index in [2.05, 4.69) is 0 Å². The number of benzene rings is 1. The summed E-state index contributed by atoms with van der Waals surface area (Å²) < 4.78 is 0. The first kappa shape index (κ1) is 16.3.